The van der Waals surface area contributed by atoms with Crippen LogP contribution in [0.4, 0.5) is 5.82 Å². The first kappa shape index (κ1) is 12.1. The number of piperidine rings is 1. The zero-order chi connectivity index (χ0) is 13.5. The molecule has 1 saturated carbocycles. The maximum absolute atomic E-state index is 9.39. The molecule has 2 aliphatic rings. The van der Waals surface area contributed by atoms with E-state index in [1.54, 1.807) is 0 Å². The first-order valence-electron chi connectivity index (χ1n) is 7.55. The molecular weight excluding hydrogens is 252 g/mol. The van der Waals surface area contributed by atoms with Crippen molar-refractivity contribution in [1.82, 2.24) is 14.6 Å². The highest BCUT2D eigenvalue weighted by atomic mass is 16.3. The summed E-state index contributed by atoms with van der Waals surface area (Å²) in [6.07, 6.45) is 8.53. The Morgan fingerprint density at radius 3 is 3.00 bits per heavy atom. The number of aliphatic hydroxyl groups is 1. The molecule has 0 amide bonds. The van der Waals surface area contributed by atoms with E-state index in [4.69, 9.17) is 0 Å². The molecule has 2 aromatic rings. The van der Waals surface area contributed by atoms with Crippen LogP contribution in [0.5, 0.6) is 0 Å². The summed E-state index contributed by atoms with van der Waals surface area (Å²) in [6, 6.07) is 2.20. The summed E-state index contributed by atoms with van der Waals surface area (Å²) in [5.41, 5.74) is 2.31. The molecule has 5 nitrogen and oxygen atoms in total. The summed E-state index contributed by atoms with van der Waals surface area (Å²) in [6.45, 7) is 2.19. The van der Waals surface area contributed by atoms with Crippen LogP contribution >= 0.6 is 0 Å². The summed E-state index contributed by atoms with van der Waals surface area (Å²) in [5.74, 6) is 2.05. The fourth-order valence-electron chi connectivity index (χ4n) is 3.16. The van der Waals surface area contributed by atoms with Crippen molar-refractivity contribution in [3.63, 3.8) is 0 Å². The molecular formula is C15H20N4O. The molecule has 1 aliphatic heterocycles. The van der Waals surface area contributed by atoms with Gasteiger partial charge in [-0.05, 0) is 37.7 Å². The minimum absolute atomic E-state index is 0.270. The molecule has 0 spiro atoms. The van der Waals surface area contributed by atoms with Crippen LogP contribution in [-0.2, 0) is 0 Å². The van der Waals surface area contributed by atoms with Gasteiger partial charge in [-0.25, -0.2) is 9.50 Å². The van der Waals surface area contributed by atoms with Crippen LogP contribution in [0.1, 0.15) is 37.3 Å². The third kappa shape index (κ3) is 2.06. The molecule has 1 saturated heterocycles. The highest BCUT2D eigenvalue weighted by Gasteiger charge is 2.28. The number of anilines is 1. The Balaban J connectivity index is 1.71. The monoisotopic (exact) mass is 272 g/mol. The average molecular weight is 272 g/mol. The molecule has 1 unspecified atom stereocenters. The van der Waals surface area contributed by atoms with E-state index in [-0.39, 0.29) is 6.61 Å². The van der Waals surface area contributed by atoms with Crippen molar-refractivity contribution < 1.29 is 5.11 Å². The topological polar surface area (TPSA) is 53.7 Å². The standard InChI is InChI=1S/C15H20N4O/c20-10-11-2-1-6-18(9-11)15-14-8-13(12-3-4-12)17-19(14)7-5-16-15/h5,7-8,11-12,20H,1-4,6,9-10H2. The van der Waals surface area contributed by atoms with Crippen LogP contribution < -0.4 is 4.90 Å². The molecule has 1 aliphatic carbocycles. The SMILES string of the molecule is OCC1CCCN(c2nccn3nc(C4CC4)cc23)C1. The van der Waals surface area contributed by atoms with E-state index in [2.05, 4.69) is 21.0 Å². The van der Waals surface area contributed by atoms with Gasteiger partial charge >= 0.3 is 0 Å². The average Bonchev–Trinajstić information content (AvgIpc) is 3.26. The minimum Gasteiger partial charge on any atom is -0.396 e. The van der Waals surface area contributed by atoms with Gasteiger partial charge in [0.2, 0.25) is 0 Å². The number of hydrogen-bond donors (Lipinski definition) is 1. The molecule has 0 radical (unpaired) electrons. The predicted octanol–water partition coefficient (Wildman–Crippen LogP) is 1.82. The second-order valence-electron chi connectivity index (χ2n) is 6.06. The summed E-state index contributed by atoms with van der Waals surface area (Å²) in [5, 5.41) is 14.1. The zero-order valence-corrected chi connectivity index (χ0v) is 11.6. The molecule has 2 fully saturated rings. The van der Waals surface area contributed by atoms with Crippen molar-refractivity contribution >= 4 is 11.3 Å². The number of rotatable bonds is 3. The van der Waals surface area contributed by atoms with E-state index in [1.807, 2.05) is 16.9 Å². The lowest BCUT2D eigenvalue weighted by atomic mass is 9.99. The van der Waals surface area contributed by atoms with Crippen molar-refractivity contribution in [1.29, 1.82) is 0 Å². The third-order valence-electron chi connectivity index (χ3n) is 4.46. The van der Waals surface area contributed by atoms with E-state index in [0.29, 0.717) is 11.8 Å². The second kappa shape index (κ2) is 4.74. The van der Waals surface area contributed by atoms with Gasteiger partial charge in [-0.3, -0.25) is 0 Å². The largest absolute Gasteiger partial charge is 0.396 e. The molecule has 1 atom stereocenters. The molecule has 0 bridgehead atoms. The number of aromatic nitrogens is 3. The van der Waals surface area contributed by atoms with Crippen molar-refractivity contribution in [3.05, 3.63) is 24.2 Å². The first-order chi connectivity index (χ1) is 9.85. The molecule has 5 heteroatoms. The number of hydrogen-bond acceptors (Lipinski definition) is 4. The zero-order valence-electron chi connectivity index (χ0n) is 11.6. The Morgan fingerprint density at radius 1 is 1.30 bits per heavy atom. The molecule has 2 aromatic heterocycles. The summed E-state index contributed by atoms with van der Waals surface area (Å²) in [4.78, 5) is 6.88. The predicted molar refractivity (Wildman–Crippen MR) is 77.0 cm³/mol. The van der Waals surface area contributed by atoms with Crippen LogP contribution in [-0.4, -0.2) is 39.4 Å². The van der Waals surface area contributed by atoms with Gasteiger partial charge < -0.3 is 10.0 Å². The van der Waals surface area contributed by atoms with Gasteiger partial charge in [-0.1, -0.05) is 0 Å². The fourth-order valence-corrected chi connectivity index (χ4v) is 3.16. The van der Waals surface area contributed by atoms with E-state index in [9.17, 15) is 5.11 Å². The Labute approximate surface area is 118 Å². The van der Waals surface area contributed by atoms with Crippen molar-refractivity contribution in [2.75, 3.05) is 24.6 Å². The van der Waals surface area contributed by atoms with Crippen LogP contribution in [0.2, 0.25) is 0 Å². The highest BCUT2D eigenvalue weighted by molar-refractivity contribution is 5.69. The normalized spacial score (nSPS) is 23.4. The molecule has 4 rings (SSSR count). The van der Waals surface area contributed by atoms with Crippen LogP contribution in [0.25, 0.3) is 5.52 Å². The van der Waals surface area contributed by atoms with Crippen LogP contribution in [0, 0.1) is 5.92 Å². The van der Waals surface area contributed by atoms with Crippen molar-refractivity contribution in [2.24, 2.45) is 5.92 Å². The lowest BCUT2D eigenvalue weighted by Crippen LogP contribution is -2.37. The summed E-state index contributed by atoms with van der Waals surface area (Å²) >= 11 is 0. The van der Waals surface area contributed by atoms with Gasteiger partial charge in [0.25, 0.3) is 0 Å². The Bertz CT molecular complexity index is 619. The Hall–Kier alpha value is -1.62. The van der Waals surface area contributed by atoms with Crippen LogP contribution in [0.3, 0.4) is 0 Å². The van der Waals surface area contributed by atoms with Crippen molar-refractivity contribution in [3.8, 4) is 0 Å². The number of nitrogens with zero attached hydrogens (tertiary/aromatic N) is 4. The minimum atomic E-state index is 0.270. The molecule has 106 valence electrons. The number of fused-ring (bicyclic) bond motifs is 1. The van der Waals surface area contributed by atoms with E-state index < -0.39 is 0 Å². The summed E-state index contributed by atoms with van der Waals surface area (Å²) in [7, 11) is 0. The van der Waals surface area contributed by atoms with Gasteiger partial charge in [-0.2, -0.15) is 5.10 Å². The second-order valence-corrected chi connectivity index (χ2v) is 6.06. The maximum atomic E-state index is 9.39. The van der Waals surface area contributed by atoms with Gasteiger partial charge in [0.05, 0.1) is 5.69 Å². The quantitative estimate of drug-likeness (QED) is 0.926. The van der Waals surface area contributed by atoms with E-state index in [1.165, 1.54) is 18.5 Å². The smallest absolute Gasteiger partial charge is 0.154 e. The third-order valence-corrected chi connectivity index (χ3v) is 4.46. The fraction of sp³-hybridized carbons (Fsp3) is 0.600. The Morgan fingerprint density at radius 2 is 2.20 bits per heavy atom. The molecule has 3 heterocycles. The highest BCUT2D eigenvalue weighted by Crippen LogP contribution is 2.40. The molecule has 20 heavy (non-hydrogen) atoms. The van der Waals surface area contributed by atoms with Gasteiger partial charge in [0.15, 0.2) is 5.82 Å². The summed E-state index contributed by atoms with van der Waals surface area (Å²) < 4.78 is 1.96. The van der Waals surface area contributed by atoms with E-state index in [0.717, 1.165) is 37.3 Å². The van der Waals surface area contributed by atoms with Gasteiger partial charge in [0.1, 0.15) is 5.52 Å². The van der Waals surface area contributed by atoms with Gasteiger partial charge in [0, 0.05) is 38.0 Å². The first-order valence-corrected chi connectivity index (χ1v) is 7.55. The van der Waals surface area contributed by atoms with Crippen molar-refractivity contribution in [2.45, 2.75) is 31.6 Å². The molecule has 0 aromatic carbocycles. The van der Waals surface area contributed by atoms with Crippen LogP contribution in [0.15, 0.2) is 18.5 Å². The maximum Gasteiger partial charge on any atom is 0.154 e. The Kier molecular flexibility index (Phi) is 2.88. The number of aliphatic hydroxyl groups excluding tert-OH is 1. The lowest BCUT2D eigenvalue weighted by Gasteiger charge is -2.32. The molecule has 1 N–H and O–H groups in total. The van der Waals surface area contributed by atoms with Gasteiger partial charge in [-0.15, -0.1) is 0 Å². The lowest BCUT2D eigenvalue weighted by molar-refractivity contribution is 0.208. The van der Waals surface area contributed by atoms with E-state index >= 15 is 0 Å².